The summed E-state index contributed by atoms with van der Waals surface area (Å²) in [5, 5.41) is 14.3. The Hall–Kier alpha value is -3.48. The van der Waals surface area contributed by atoms with E-state index in [9.17, 15) is 9.65 Å². The number of nitriles is 1. The third-order valence-electron chi connectivity index (χ3n) is 8.41. The van der Waals surface area contributed by atoms with Crippen molar-refractivity contribution in [2.24, 2.45) is 0 Å². The van der Waals surface area contributed by atoms with Crippen molar-refractivity contribution in [3.8, 4) is 12.1 Å². The van der Waals surface area contributed by atoms with Gasteiger partial charge in [-0.25, -0.2) is 4.39 Å². The van der Waals surface area contributed by atoms with Crippen LogP contribution in [0.25, 0.3) is 10.8 Å². The number of anilines is 2. The number of aromatic nitrogens is 2. The molecule has 3 aromatic rings. The molecular formula is C30H36FN7O. The van der Waals surface area contributed by atoms with Gasteiger partial charge in [0.1, 0.15) is 18.2 Å². The maximum Gasteiger partial charge on any atom is 0.318 e. The Kier molecular flexibility index (Phi) is 7.49. The van der Waals surface area contributed by atoms with E-state index in [1.807, 2.05) is 30.3 Å². The van der Waals surface area contributed by atoms with Crippen molar-refractivity contribution < 1.29 is 9.13 Å². The van der Waals surface area contributed by atoms with Gasteiger partial charge in [-0.2, -0.15) is 15.2 Å². The van der Waals surface area contributed by atoms with Crippen LogP contribution in [0.15, 0.2) is 36.4 Å². The fourth-order valence-corrected chi connectivity index (χ4v) is 6.38. The highest BCUT2D eigenvalue weighted by Crippen LogP contribution is 2.35. The first-order valence-corrected chi connectivity index (χ1v) is 14.2. The van der Waals surface area contributed by atoms with Crippen molar-refractivity contribution in [1.29, 1.82) is 5.26 Å². The monoisotopic (exact) mass is 529 g/mol. The van der Waals surface area contributed by atoms with Crippen LogP contribution < -0.4 is 19.9 Å². The zero-order valence-electron chi connectivity index (χ0n) is 22.6. The Bertz CT molecular complexity index is 1380. The number of ether oxygens (including phenoxy) is 1. The zero-order valence-corrected chi connectivity index (χ0v) is 22.6. The Morgan fingerprint density at radius 2 is 1.97 bits per heavy atom. The van der Waals surface area contributed by atoms with Crippen LogP contribution in [0, 0.1) is 17.1 Å². The van der Waals surface area contributed by atoms with E-state index in [0.717, 1.165) is 80.3 Å². The molecule has 2 fully saturated rings. The van der Waals surface area contributed by atoms with E-state index >= 15 is 0 Å². The predicted molar refractivity (Wildman–Crippen MR) is 151 cm³/mol. The van der Waals surface area contributed by atoms with Gasteiger partial charge in [0.15, 0.2) is 0 Å². The van der Waals surface area contributed by atoms with Crippen LogP contribution >= 0.6 is 0 Å². The molecule has 1 N–H and O–H groups in total. The average Bonchev–Trinajstić information content (AvgIpc) is 3.44. The van der Waals surface area contributed by atoms with Gasteiger partial charge < -0.3 is 19.9 Å². The van der Waals surface area contributed by atoms with Gasteiger partial charge in [-0.15, -0.1) is 0 Å². The van der Waals surface area contributed by atoms with E-state index < -0.39 is 0 Å². The highest BCUT2D eigenvalue weighted by Gasteiger charge is 2.30. The minimum absolute atomic E-state index is 0.112. The molecule has 0 radical (unpaired) electrons. The van der Waals surface area contributed by atoms with E-state index in [-0.39, 0.29) is 11.9 Å². The van der Waals surface area contributed by atoms with Gasteiger partial charge in [0.05, 0.1) is 24.7 Å². The number of rotatable bonds is 7. The van der Waals surface area contributed by atoms with Crippen LogP contribution in [0.5, 0.6) is 6.01 Å². The standard InChI is InChI=1S/C30H36FN7O/c1-2-36-15-5-6-22(36)20-39-30-34-27-19-37(28-10-9-26(31)23-7-3-4-8-24(23)28)16-12-25(27)29(35-30)38-17-14-33-21(18-38)11-13-32/h3-4,7-10,21-22,33H,2,5-6,11-12,14-20H2,1H3/t21?,22-/m0/s1. The topological polar surface area (TPSA) is 80.5 Å². The molecular weight excluding hydrogens is 493 g/mol. The van der Waals surface area contributed by atoms with Gasteiger partial charge in [-0.05, 0) is 44.5 Å². The zero-order chi connectivity index (χ0) is 26.8. The molecule has 0 amide bonds. The molecule has 0 spiro atoms. The van der Waals surface area contributed by atoms with Crippen LogP contribution in [0.1, 0.15) is 37.4 Å². The van der Waals surface area contributed by atoms with Gasteiger partial charge in [-0.1, -0.05) is 31.2 Å². The third-order valence-corrected chi connectivity index (χ3v) is 8.41. The predicted octanol–water partition coefficient (Wildman–Crippen LogP) is 3.89. The Morgan fingerprint density at radius 1 is 1.10 bits per heavy atom. The number of nitrogens with one attached hydrogen (secondary N) is 1. The highest BCUT2D eigenvalue weighted by molar-refractivity contribution is 5.94. The molecule has 204 valence electrons. The quantitative estimate of drug-likeness (QED) is 0.494. The summed E-state index contributed by atoms with van der Waals surface area (Å²) in [6.07, 6.45) is 3.58. The molecule has 0 bridgehead atoms. The summed E-state index contributed by atoms with van der Waals surface area (Å²) >= 11 is 0. The van der Waals surface area contributed by atoms with Gasteiger partial charge >= 0.3 is 6.01 Å². The van der Waals surface area contributed by atoms with Gasteiger partial charge in [0.25, 0.3) is 0 Å². The number of hydrogen-bond acceptors (Lipinski definition) is 8. The van der Waals surface area contributed by atoms with Crippen LogP contribution in [0.2, 0.25) is 0 Å². The maximum absolute atomic E-state index is 14.5. The number of halogens is 1. The molecule has 3 aliphatic rings. The SMILES string of the molecule is CCN1CCC[C@H]1COc1nc2c(c(N3CCNC(CC#N)C3)n1)CCN(c1ccc(F)c3ccccc13)C2. The molecule has 8 nitrogen and oxygen atoms in total. The Balaban J connectivity index is 1.32. The summed E-state index contributed by atoms with van der Waals surface area (Å²) in [5.74, 6) is 0.729. The lowest BCUT2D eigenvalue weighted by molar-refractivity contribution is 0.170. The number of likely N-dealkylation sites (N-methyl/N-ethyl adjacent to an activating group) is 1. The van der Waals surface area contributed by atoms with Crippen molar-refractivity contribution in [3.05, 3.63) is 53.5 Å². The maximum atomic E-state index is 14.5. The number of likely N-dealkylation sites (tertiary alicyclic amines) is 1. The van der Waals surface area contributed by atoms with Crippen LogP contribution in [0.3, 0.4) is 0 Å². The lowest BCUT2D eigenvalue weighted by atomic mass is 10.0. The van der Waals surface area contributed by atoms with E-state index in [2.05, 4.69) is 33.0 Å². The molecule has 1 aromatic heterocycles. The molecule has 2 aromatic carbocycles. The third kappa shape index (κ3) is 5.23. The fraction of sp³-hybridized carbons (Fsp3) is 0.500. The number of fused-ring (bicyclic) bond motifs is 2. The van der Waals surface area contributed by atoms with Crippen molar-refractivity contribution in [2.75, 3.05) is 55.7 Å². The number of piperazine rings is 1. The van der Waals surface area contributed by atoms with Crippen LogP contribution in [-0.2, 0) is 13.0 Å². The summed E-state index contributed by atoms with van der Waals surface area (Å²) < 4.78 is 20.8. The van der Waals surface area contributed by atoms with Crippen LogP contribution in [-0.4, -0.2) is 72.8 Å². The molecule has 0 saturated carbocycles. The molecule has 1 unspecified atom stereocenters. The number of hydrogen-bond donors (Lipinski definition) is 1. The van der Waals surface area contributed by atoms with Crippen molar-refractivity contribution in [1.82, 2.24) is 20.2 Å². The number of benzene rings is 2. The minimum atomic E-state index is -0.203. The summed E-state index contributed by atoms with van der Waals surface area (Å²) in [7, 11) is 0. The Morgan fingerprint density at radius 3 is 2.82 bits per heavy atom. The number of nitrogens with zero attached hydrogens (tertiary/aromatic N) is 6. The smallest absolute Gasteiger partial charge is 0.318 e. The van der Waals surface area contributed by atoms with Crippen molar-refractivity contribution in [3.63, 3.8) is 0 Å². The van der Waals surface area contributed by atoms with E-state index in [4.69, 9.17) is 14.7 Å². The molecule has 2 saturated heterocycles. The van der Waals surface area contributed by atoms with Crippen LogP contribution in [0.4, 0.5) is 15.9 Å². The summed E-state index contributed by atoms with van der Waals surface area (Å²) in [6.45, 7) is 8.67. The molecule has 4 heterocycles. The highest BCUT2D eigenvalue weighted by atomic mass is 19.1. The first-order chi connectivity index (χ1) is 19.1. The summed E-state index contributed by atoms with van der Waals surface area (Å²) in [6, 6.07) is 14.3. The molecule has 9 heteroatoms. The second-order valence-corrected chi connectivity index (χ2v) is 10.7. The summed E-state index contributed by atoms with van der Waals surface area (Å²) in [4.78, 5) is 17.0. The first kappa shape index (κ1) is 25.8. The molecule has 39 heavy (non-hydrogen) atoms. The molecule has 6 rings (SSSR count). The van der Waals surface area contributed by atoms with Gasteiger partial charge in [-0.3, -0.25) is 4.90 Å². The average molecular weight is 530 g/mol. The van der Waals surface area contributed by atoms with E-state index in [1.54, 1.807) is 6.07 Å². The van der Waals surface area contributed by atoms with Crippen molar-refractivity contribution in [2.45, 2.75) is 51.2 Å². The minimum Gasteiger partial charge on any atom is -0.462 e. The second kappa shape index (κ2) is 11.3. The fourth-order valence-electron chi connectivity index (χ4n) is 6.38. The molecule has 3 aliphatic heterocycles. The van der Waals surface area contributed by atoms with E-state index in [1.165, 1.54) is 6.42 Å². The normalized spacial score (nSPS) is 21.7. The molecule has 0 aliphatic carbocycles. The largest absolute Gasteiger partial charge is 0.462 e. The van der Waals surface area contributed by atoms with Gasteiger partial charge in [0.2, 0.25) is 0 Å². The van der Waals surface area contributed by atoms with Crippen molar-refractivity contribution >= 4 is 22.3 Å². The van der Waals surface area contributed by atoms with Gasteiger partial charge in [0, 0.05) is 60.3 Å². The Labute approximate surface area is 229 Å². The second-order valence-electron chi connectivity index (χ2n) is 10.7. The molecule has 2 atom stereocenters. The lowest BCUT2D eigenvalue weighted by Gasteiger charge is -2.37. The lowest BCUT2D eigenvalue weighted by Crippen LogP contribution is -2.51. The first-order valence-electron chi connectivity index (χ1n) is 14.2. The summed E-state index contributed by atoms with van der Waals surface area (Å²) in [5.41, 5.74) is 3.13. The van der Waals surface area contributed by atoms with E-state index in [0.29, 0.717) is 37.0 Å².